The smallest absolute Gasteiger partial charge is 0.143 e. The second-order valence-corrected chi connectivity index (χ2v) is 3.79. The molecule has 0 aliphatic rings. The fourth-order valence-corrected chi connectivity index (χ4v) is 1.95. The quantitative estimate of drug-likeness (QED) is 0.475. The molecule has 0 aliphatic carbocycles. The molecule has 0 bridgehead atoms. The zero-order chi connectivity index (χ0) is 9.14. The first kappa shape index (κ1) is 9.54. The molecule has 0 saturated heterocycles. The van der Waals surface area contributed by atoms with Crippen LogP contribution in [0.15, 0.2) is 26.2 Å². The molecule has 0 aliphatic heterocycles. The minimum Gasteiger partial charge on any atom is -0.506 e. The number of hydrogen-bond donors (Lipinski definition) is 2. The highest BCUT2D eigenvalue weighted by molar-refractivity contribution is 9.11. The lowest BCUT2D eigenvalue weighted by Gasteiger charge is -2.00. The monoisotopic (exact) mass is 293 g/mol. The highest BCUT2D eigenvalue weighted by Gasteiger charge is 2.03. The lowest BCUT2D eigenvalue weighted by atomic mass is 10.2. The molecule has 3 nitrogen and oxygen atoms in total. The average Bonchev–Trinajstić information content (AvgIpc) is 2.01. The maximum Gasteiger partial charge on any atom is 0.143 e. The van der Waals surface area contributed by atoms with E-state index in [0.29, 0.717) is 14.5 Å². The van der Waals surface area contributed by atoms with Crippen molar-refractivity contribution in [2.24, 2.45) is 5.16 Å². The number of phenols is 1. The van der Waals surface area contributed by atoms with Gasteiger partial charge in [0.15, 0.2) is 0 Å². The molecule has 1 aromatic carbocycles. The van der Waals surface area contributed by atoms with Crippen LogP contribution in [-0.2, 0) is 0 Å². The van der Waals surface area contributed by atoms with Gasteiger partial charge in [-0.1, -0.05) is 5.16 Å². The van der Waals surface area contributed by atoms with Crippen molar-refractivity contribution >= 4 is 38.1 Å². The number of halogens is 2. The maximum atomic E-state index is 9.30. The summed E-state index contributed by atoms with van der Waals surface area (Å²) in [5, 5.41) is 20.4. The van der Waals surface area contributed by atoms with E-state index in [1.54, 1.807) is 12.1 Å². The Morgan fingerprint density at radius 3 is 2.17 bits per heavy atom. The summed E-state index contributed by atoms with van der Waals surface area (Å²) in [6, 6.07) is 3.28. The molecule has 64 valence electrons. The third-order valence-electron chi connectivity index (χ3n) is 1.25. The first-order chi connectivity index (χ1) is 5.65. The van der Waals surface area contributed by atoms with Gasteiger partial charge in [-0.25, -0.2) is 0 Å². The third kappa shape index (κ3) is 1.98. The summed E-state index contributed by atoms with van der Waals surface area (Å²) >= 11 is 6.29. The highest BCUT2D eigenvalue weighted by atomic mass is 79.9. The van der Waals surface area contributed by atoms with E-state index in [9.17, 15) is 5.11 Å². The summed E-state index contributed by atoms with van der Waals surface area (Å²) in [4.78, 5) is 0. The SMILES string of the molecule is ON=Cc1cc(Br)c(O)c(Br)c1. The van der Waals surface area contributed by atoms with Gasteiger partial charge in [-0.3, -0.25) is 0 Å². The number of phenolic OH excluding ortho intramolecular Hbond substituents is 1. The van der Waals surface area contributed by atoms with E-state index in [-0.39, 0.29) is 5.75 Å². The van der Waals surface area contributed by atoms with Gasteiger partial charge in [0.25, 0.3) is 0 Å². The molecule has 1 rings (SSSR count). The Labute approximate surface area is 86.0 Å². The van der Waals surface area contributed by atoms with Crippen molar-refractivity contribution in [2.45, 2.75) is 0 Å². The third-order valence-corrected chi connectivity index (χ3v) is 2.46. The molecule has 0 unspecified atom stereocenters. The van der Waals surface area contributed by atoms with E-state index >= 15 is 0 Å². The fraction of sp³-hybridized carbons (Fsp3) is 0. The van der Waals surface area contributed by atoms with Gasteiger partial charge >= 0.3 is 0 Å². The molecule has 0 heterocycles. The van der Waals surface area contributed by atoms with E-state index in [0.717, 1.165) is 0 Å². The van der Waals surface area contributed by atoms with Gasteiger partial charge in [0, 0.05) is 0 Å². The van der Waals surface area contributed by atoms with Gasteiger partial charge in [-0.2, -0.15) is 0 Å². The predicted octanol–water partition coefficient (Wildman–Crippen LogP) is 2.73. The van der Waals surface area contributed by atoms with Crippen molar-refractivity contribution < 1.29 is 10.3 Å². The largest absolute Gasteiger partial charge is 0.506 e. The van der Waals surface area contributed by atoms with Crippen molar-refractivity contribution in [2.75, 3.05) is 0 Å². The van der Waals surface area contributed by atoms with Gasteiger partial charge in [0.2, 0.25) is 0 Å². The fourth-order valence-electron chi connectivity index (χ4n) is 0.726. The number of oxime groups is 1. The molecule has 0 radical (unpaired) electrons. The molecular formula is C7H5Br2NO2. The second kappa shape index (κ2) is 3.91. The summed E-state index contributed by atoms with van der Waals surface area (Å²) in [5.41, 5.74) is 0.689. The van der Waals surface area contributed by atoms with Gasteiger partial charge in [0.1, 0.15) is 5.75 Å². The van der Waals surface area contributed by atoms with Crippen LogP contribution in [-0.4, -0.2) is 16.5 Å². The highest BCUT2D eigenvalue weighted by Crippen LogP contribution is 2.32. The first-order valence-corrected chi connectivity index (χ1v) is 4.59. The Morgan fingerprint density at radius 1 is 1.25 bits per heavy atom. The van der Waals surface area contributed by atoms with Crippen molar-refractivity contribution in [1.29, 1.82) is 0 Å². The van der Waals surface area contributed by atoms with E-state index < -0.39 is 0 Å². The molecule has 0 saturated carbocycles. The molecule has 0 atom stereocenters. The Balaban J connectivity index is 3.21. The maximum absolute atomic E-state index is 9.30. The van der Waals surface area contributed by atoms with Crippen molar-refractivity contribution in [3.05, 3.63) is 26.6 Å². The number of benzene rings is 1. The minimum atomic E-state index is 0.130. The lowest BCUT2D eigenvalue weighted by molar-refractivity contribution is 0.322. The average molecular weight is 295 g/mol. The number of rotatable bonds is 1. The summed E-state index contributed by atoms with van der Waals surface area (Å²) in [7, 11) is 0. The Hall–Kier alpha value is -0.550. The van der Waals surface area contributed by atoms with Gasteiger partial charge < -0.3 is 10.3 Å². The Kier molecular flexibility index (Phi) is 3.11. The van der Waals surface area contributed by atoms with Crippen molar-refractivity contribution in [1.82, 2.24) is 0 Å². The zero-order valence-corrected chi connectivity index (χ0v) is 9.00. The van der Waals surface area contributed by atoms with Crippen LogP contribution in [0.3, 0.4) is 0 Å². The molecule has 0 amide bonds. The summed E-state index contributed by atoms with van der Waals surface area (Å²) in [5.74, 6) is 0.130. The van der Waals surface area contributed by atoms with Crippen LogP contribution in [0, 0.1) is 0 Å². The lowest BCUT2D eigenvalue weighted by Crippen LogP contribution is -1.82. The number of aromatic hydroxyl groups is 1. The zero-order valence-electron chi connectivity index (χ0n) is 5.83. The molecular weight excluding hydrogens is 290 g/mol. The van der Waals surface area contributed by atoms with Crippen LogP contribution < -0.4 is 0 Å². The van der Waals surface area contributed by atoms with Crippen LogP contribution >= 0.6 is 31.9 Å². The van der Waals surface area contributed by atoms with E-state index in [1.807, 2.05) is 0 Å². The summed E-state index contributed by atoms with van der Waals surface area (Å²) < 4.78 is 1.10. The van der Waals surface area contributed by atoms with Gasteiger partial charge in [0.05, 0.1) is 15.2 Å². The predicted molar refractivity (Wildman–Crippen MR) is 52.9 cm³/mol. The minimum absolute atomic E-state index is 0.130. The van der Waals surface area contributed by atoms with Crippen LogP contribution in [0.1, 0.15) is 5.56 Å². The van der Waals surface area contributed by atoms with E-state index in [1.165, 1.54) is 6.21 Å². The van der Waals surface area contributed by atoms with E-state index in [2.05, 4.69) is 37.0 Å². The topological polar surface area (TPSA) is 52.8 Å². The van der Waals surface area contributed by atoms with Crippen molar-refractivity contribution in [3.8, 4) is 5.75 Å². The Bertz CT molecular complexity index is 302. The molecule has 2 N–H and O–H groups in total. The van der Waals surface area contributed by atoms with Crippen LogP contribution in [0.2, 0.25) is 0 Å². The molecule has 12 heavy (non-hydrogen) atoms. The second-order valence-electron chi connectivity index (χ2n) is 2.08. The van der Waals surface area contributed by atoms with Gasteiger partial charge in [-0.15, -0.1) is 0 Å². The molecule has 0 spiro atoms. The Morgan fingerprint density at radius 2 is 1.75 bits per heavy atom. The van der Waals surface area contributed by atoms with Gasteiger partial charge in [-0.05, 0) is 49.6 Å². The van der Waals surface area contributed by atoms with Crippen LogP contribution in [0.5, 0.6) is 5.75 Å². The normalized spacial score (nSPS) is 10.8. The molecule has 0 fully saturated rings. The van der Waals surface area contributed by atoms with Crippen LogP contribution in [0.4, 0.5) is 0 Å². The van der Waals surface area contributed by atoms with Crippen LogP contribution in [0.25, 0.3) is 0 Å². The summed E-state index contributed by atoms with van der Waals surface area (Å²) in [6.45, 7) is 0. The summed E-state index contributed by atoms with van der Waals surface area (Å²) in [6.07, 6.45) is 1.27. The number of hydrogen-bond acceptors (Lipinski definition) is 3. The molecule has 1 aromatic rings. The first-order valence-electron chi connectivity index (χ1n) is 3.00. The standard InChI is InChI=1S/C7H5Br2NO2/c8-5-1-4(3-10-12)2-6(9)7(5)11/h1-3,11-12H. The van der Waals surface area contributed by atoms with Crippen molar-refractivity contribution in [3.63, 3.8) is 0 Å². The van der Waals surface area contributed by atoms with E-state index in [4.69, 9.17) is 5.21 Å². The number of nitrogens with zero attached hydrogens (tertiary/aromatic N) is 1. The molecule has 5 heteroatoms. The molecule has 0 aromatic heterocycles.